The highest BCUT2D eigenvalue weighted by molar-refractivity contribution is 5.67. The number of ether oxygens (including phenoxy) is 1. The number of aromatic nitrogens is 1. The Morgan fingerprint density at radius 2 is 1.88 bits per heavy atom. The molecule has 0 spiro atoms. The third-order valence-corrected chi connectivity index (χ3v) is 6.06. The van der Waals surface area contributed by atoms with Crippen molar-refractivity contribution >= 4 is 0 Å². The fraction of sp³-hybridized carbons (Fsp3) is 0.571. The van der Waals surface area contributed by atoms with Gasteiger partial charge in [-0.2, -0.15) is 0 Å². The van der Waals surface area contributed by atoms with E-state index in [1.54, 1.807) is 0 Å². The van der Waals surface area contributed by atoms with Crippen LogP contribution < -0.4 is 5.32 Å². The summed E-state index contributed by atoms with van der Waals surface area (Å²) in [7, 11) is 0. The topological polar surface area (TPSA) is 47.3 Å². The highest BCUT2D eigenvalue weighted by Gasteiger charge is 2.36. The van der Waals surface area contributed by atoms with E-state index in [9.17, 15) is 0 Å². The van der Waals surface area contributed by atoms with Gasteiger partial charge in [0.05, 0.1) is 12.7 Å². The van der Waals surface area contributed by atoms with Crippen molar-refractivity contribution in [1.29, 1.82) is 0 Å². The number of aryl methyl sites for hydroxylation is 1. The average Bonchev–Trinajstić information content (AvgIpc) is 3.30. The fourth-order valence-electron chi connectivity index (χ4n) is 4.52. The molecule has 2 aromatic rings. The molecule has 3 aliphatic rings. The Bertz CT molecular complexity index is 753. The van der Waals surface area contributed by atoms with Crippen molar-refractivity contribution in [2.45, 2.75) is 76.2 Å². The summed E-state index contributed by atoms with van der Waals surface area (Å²) < 4.78 is 12.2. The Hall–Kier alpha value is -1.65. The lowest BCUT2D eigenvalue weighted by molar-refractivity contribution is 0.00876. The van der Waals surface area contributed by atoms with E-state index in [1.165, 1.54) is 42.4 Å². The zero-order chi connectivity index (χ0) is 16.8. The summed E-state index contributed by atoms with van der Waals surface area (Å²) in [5.74, 6) is 1.61. The van der Waals surface area contributed by atoms with Crippen molar-refractivity contribution in [1.82, 2.24) is 10.5 Å². The molecule has 4 heteroatoms. The molecule has 5 rings (SSSR count). The molecule has 1 aromatic heterocycles. The van der Waals surface area contributed by atoms with Gasteiger partial charge in [0.25, 0.3) is 0 Å². The molecule has 3 atom stereocenters. The van der Waals surface area contributed by atoms with Crippen LogP contribution in [0.5, 0.6) is 0 Å². The Kier molecular flexibility index (Phi) is 3.90. The van der Waals surface area contributed by atoms with E-state index < -0.39 is 0 Å². The van der Waals surface area contributed by atoms with Gasteiger partial charge in [0.1, 0.15) is 11.5 Å². The maximum atomic E-state index is 6.39. The largest absolute Gasteiger partial charge is 0.373 e. The third-order valence-electron chi connectivity index (χ3n) is 6.06. The standard InChI is InChI=1S/C21H26N2O2/c1-13-4-2-3-5-18(13)20-19(21(25-23-20)14-6-7-14)12-24-17-10-15-8-9-16(11-17)22-15/h2-5,14-17,22H,6-12H2,1H3/t15-,16?,17?/m0/s1. The van der Waals surface area contributed by atoms with Crippen LogP contribution in [0.1, 0.15) is 61.3 Å². The lowest BCUT2D eigenvalue weighted by Gasteiger charge is -2.29. The van der Waals surface area contributed by atoms with Crippen LogP contribution in [0, 0.1) is 6.92 Å². The lowest BCUT2D eigenvalue weighted by Crippen LogP contribution is -2.41. The molecular formula is C21H26N2O2. The van der Waals surface area contributed by atoms with Crippen LogP contribution in [-0.2, 0) is 11.3 Å². The minimum absolute atomic E-state index is 0.366. The molecule has 0 amide bonds. The quantitative estimate of drug-likeness (QED) is 0.881. The highest BCUT2D eigenvalue weighted by atomic mass is 16.5. The summed E-state index contributed by atoms with van der Waals surface area (Å²) in [6, 6.07) is 9.73. The van der Waals surface area contributed by atoms with Gasteiger partial charge < -0.3 is 14.6 Å². The second-order valence-electron chi connectivity index (χ2n) is 8.01. The first kappa shape index (κ1) is 15.6. The number of benzene rings is 1. The van der Waals surface area contributed by atoms with Crippen LogP contribution in [0.3, 0.4) is 0 Å². The zero-order valence-corrected chi connectivity index (χ0v) is 14.8. The first-order valence-electron chi connectivity index (χ1n) is 9.70. The molecule has 25 heavy (non-hydrogen) atoms. The van der Waals surface area contributed by atoms with E-state index in [1.807, 2.05) is 0 Å². The van der Waals surface area contributed by atoms with E-state index in [0.717, 1.165) is 24.3 Å². The molecule has 132 valence electrons. The Morgan fingerprint density at radius 3 is 2.60 bits per heavy atom. The van der Waals surface area contributed by atoms with Crippen molar-refractivity contribution in [3.05, 3.63) is 41.2 Å². The van der Waals surface area contributed by atoms with Crippen molar-refractivity contribution in [2.24, 2.45) is 0 Å². The molecule has 4 nitrogen and oxygen atoms in total. The minimum Gasteiger partial charge on any atom is -0.373 e. The zero-order valence-electron chi connectivity index (χ0n) is 14.8. The van der Waals surface area contributed by atoms with E-state index in [2.05, 4.69) is 41.7 Å². The highest BCUT2D eigenvalue weighted by Crippen LogP contribution is 2.44. The second kappa shape index (κ2) is 6.26. The van der Waals surface area contributed by atoms with Crippen LogP contribution in [0.15, 0.2) is 28.8 Å². The number of nitrogens with one attached hydrogen (secondary N) is 1. The third kappa shape index (κ3) is 3.02. The normalized spacial score (nSPS) is 28.4. The van der Waals surface area contributed by atoms with Gasteiger partial charge in [0.15, 0.2) is 0 Å². The first-order valence-corrected chi connectivity index (χ1v) is 9.70. The number of piperidine rings is 1. The summed E-state index contributed by atoms with van der Waals surface area (Å²) in [6.45, 7) is 2.76. The average molecular weight is 338 g/mol. The number of hydrogen-bond acceptors (Lipinski definition) is 4. The molecule has 2 aliphatic heterocycles. The van der Waals surface area contributed by atoms with Gasteiger partial charge in [0, 0.05) is 29.1 Å². The molecule has 1 aliphatic carbocycles. The predicted molar refractivity (Wildman–Crippen MR) is 96.4 cm³/mol. The summed E-state index contributed by atoms with van der Waals surface area (Å²) in [5.41, 5.74) is 4.57. The van der Waals surface area contributed by atoms with E-state index in [0.29, 0.717) is 30.7 Å². The van der Waals surface area contributed by atoms with Gasteiger partial charge in [-0.15, -0.1) is 0 Å². The lowest BCUT2D eigenvalue weighted by atomic mass is 10.00. The Labute approximate surface area is 148 Å². The Balaban J connectivity index is 1.39. The van der Waals surface area contributed by atoms with Gasteiger partial charge in [-0.3, -0.25) is 0 Å². The molecule has 2 bridgehead atoms. The molecule has 1 aromatic carbocycles. The van der Waals surface area contributed by atoms with Gasteiger partial charge in [-0.25, -0.2) is 0 Å². The van der Waals surface area contributed by atoms with Crippen LogP contribution in [-0.4, -0.2) is 23.3 Å². The van der Waals surface area contributed by atoms with E-state index in [-0.39, 0.29) is 0 Å². The van der Waals surface area contributed by atoms with E-state index >= 15 is 0 Å². The minimum atomic E-state index is 0.366. The van der Waals surface area contributed by atoms with Crippen molar-refractivity contribution in [2.75, 3.05) is 0 Å². The predicted octanol–water partition coefficient (Wildman–Crippen LogP) is 4.33. The second-order valence-corrected chi connectivity index (χ2v) is 8.01. The first-order chi connectivity index (χ1) is 12.3. The molecule has 1 saturated carbocycles. The fourth-order valence-corrected chi connectivity index (χ4v) is 4.52. The molecule has 2 unspecified atom stereocenters. The van der Waals surface area contributed by atoms with Crippen molar-refractivity contribution < 1.29 is 9.26 Å². The Morgan fingerprint density at radius 1 is 1.12 bits per heavy atom. The smallest absolute Gasteiger partial charge is 0.145 e. The molecule has 3 heterocycles. The molecule has 0 radical (unpaired) electrons. The SMILES string of the molecule is Cc1ccccc1-c1noc(C2CC2)c1COC1CC2CC[C@@H](C1)N2. The van der Waals surface area contributed by atoms with E-state index in [4.69, 9.17) is 9.26 Å². The van der Waals surface area contributed by atoms with Crippen LogP contribution in [0.4, 0.5) is 0 Å². The van der Waals surface area contributed by atoms with Gasteiger partial charge in [-0.05, 0) is 51.0 Å². The summed E-state index contributed by atoms with van der Waals surface area (Å²) >= 11 is 0. The maximum Gasteiger partial charge on any atom is 0.145 e. The van der Waals surface area contributed by atoms with Crippen LogP contribution >= 0.6 is 0 Å². The number of nitrogens with zero attached hydrogens (tertiary/aromatic N) is 1. The molecule has 1 N–H and O–H groups in total. The molecule has 3 fully saturated rings. The molecule has 2 saturated heterocycles. The maximum absolute atomic E-state index is 6.39. The summed E-state index contributed by atoms with van der Waals surface area (Å²) in [4.78, 5) is 0. The van der Waals surface area contributed by atoms with Gasteiger partial charge in [-0.1, -0.05) is 29.4 Å². The van der Waals surface area contributed by atoms with Crippen LogP contribution in [0.25, 0.3) is 11.3 Å². The van der Waals surface area contributed by atoms with Gasteiger partial charge >= 0.3 is 0 Å². The number of fused-ring (bicyclic) bond motifs is 2. The summed E-state index contributed by atoms with van der Waals surface area (Å²) in [5, 5.41) is 8.13. The van der Waals surface area contributed by atoms with Crippen LogP contribution in [0.2, 0.25) is 0 Å². The summed E-state index contributed by atoms with van der Waals surface area (Å²) in [6.07, 6.45) is 7.69. The van der Waals surface area contributed by atoms with Gasteiger partial charge in [0.2, 0.25) is 0 Å². The van der Waals surface area contributed by atoms with Crippen molar-refractivity contribution in [3.63, 3.8) is 0 Å². The molecular weight excluding hydrogens is 312 g/mol. The number of rotatable bonds is 5. The van der Waals surface area contributed by atoms with Crippen molar-refractivity contribution in [3.8, 4) is 11.3 Å². The number of hydrogen-bond donors (Lipinski definition) is 1. The monoisotopic (exact) mass is 338 g/mol.